The Hall–Kier alpha value is -3.38. The highest BCUT2D eigenvalue weighted by molar-refractivity contribution is 6.33. The molecule has 2 aromatic carbocycles. The SMILES string of the molecule is COc1cc(/C=N\Nc2ccccc2Cl)ccc1OC(=O)c1ccncc1. The van der Waals surface area contributed by atoms with Crippen molar-refractivity contribution in [3.63, 3.8) is 0 Å². The zero-order chi connectivity index (χ0) is 19.1. The van der Waals surface area contributed by atoms with E-state index in [9.17, 15) is 4.79 Å². The summed E-state index contributed by atoms with van der Waals surface area (Å²) in [5, 5.41) is 4.73. The Kier molecular flexibility index (Phi) is 6.02. The summed E-state index contributed by atoms with van der Waals surface area (Å²) in [6, 6.07) is 15.6. The summed E-state index contributed by atoms with van der Waals surface area (Å²) in [5.41, 5.74) is 4.74. The van der Waals surface area contributed by atoms with E-state index >= 15 is 0 Å². The molecule has 0 bridgehead atoms. The Morgan fingerprint density at radius 3 is 2.63 bits per heavy atom. The number of benzene rings is 2. The summed E-state index contributed by atoms with van der Waals surface area (Å²) < 4.78 is 10.7. The molecule has 0 radical (unpaired) electrons. The van der Waals surface area contributed by atoms with E-state index in [4.69, 9.17) is 21.1 Å². The molecular weight excluding hydrogens is 366 g/mol. The number of nitrogens with zero attached hydrogens (tertiary/aromatic N) is 2. The normalized spacial score (nSPS) is 10.6. The Morgan fingerprint density at radius 2 is 1.89 bits per heavy atom. The van der Waals surface area contributed by atoms with E-state index < -0.39 is 5.97 Å². The van der Waals surface area contributed by atoms with E-state index in [0.29, 0.717) is 27.8 Å². The van der Waals surface area contributed by atoms with Gasteiger partial charge in [0.2, 0.25) is 0 Å². The van der Waals surface area contributed by atoms with Crippen LogP contribution in [0.25, 0.3) is 0 Å². The van der Waals surface area contributed by atoms with Crippen LogP contribution in [0.2, 0.25) is 5.02 Å². The molecule has 0 aliphatic heterocycles. The number of hydrogen-bond donors (Lipinski definition) is 1. The molecule has 1 heterocycles. The summed E-state index contributed by atoms with van der Waals surface area (Å²) in [6.07, 6.45) is 4.67. The van der Waals surface area contributed by atoms with Crippen LogP contribution in [0.4, 0.5) is 5.69 Å². The minimum Gasteiger partial charge on any atom is -0.493 e. The van der Waals surface area contributed by atoms with Crippen LogP contribution in [0.1, 0.15) is 15.9 Å². The fraction of sp³-hybridized carbons (Fsp3) is 0.0500. The number of pyridine rings is 1. The molecule has 0 spiro atoms. The maximum atomic E-state index is 12.2. The summed E-state index contributed by atoms with van der Waals surface area (Å²) in [7, 11) is 1.50. The van der Waals surface area contributed by atoms with Crippen molar-refractivity contribution in [3.8, 4) is 11.5 Å². The monoisotopic (exact) mass is 381 g/mol. The van der Waals surface area contributed by atoms with Gasteiger partial charge in [-0.05, 0) is 48.0 Å². The quantitative estimate of drug-likeness (QED) is 0.296. The summed E-state index contributed by atoms with van der Waals surface area (Å²) >= 11 is 6.06. The molecule has 1 aromatic heterocycles. The van der Waals surface area contributed by atoms with E-state index in [1.165, 1.54) is 19.5 Å². The van der Waals surface area contributed by atoms with Crippen LogP contribution in [0.3, 0.4) is 0 Å². The molecule has 0 saturated carbocycles. The fourth-order valence-corrected chi connectivity index (χ4v) is 2.40. The smallest absolute Gasteiger partial charge is 0.343 e. The first-order chi connectivity index (χ1) is 13.2. The van der Waals surface area contributed by atoms with Gasteiger partial charge in [0.1, 0.15) is 0 Å². The predicted octanol–water partition coefficient (Wildman–Crippen LogP) is 4.41. The van der Waals surface area contributed by atoms with Gasteiger partial charge in [-0.3, -0.25) is 10.4 Å². The molecule has 6 nitrogen and oxygen atoms in total. The molecule has 0 saturated heterocycles. The van der Waals surface area contributed by atoms with Crippen LogP contribution in [0.15, 0.2) is 72.1 Å². The van der Waals surface area contributed by atoms with Crippen molar-refractivity contribution in [3.05, 3.63) is 83.1 Å². The number of para-hydroxylation sites is 1. The van der Waals surface area contributed by atoms with Gasteiger partial charge in [-0.25, -0.2) is 4.79 Å². The van der Waals surface area contributed by atoms with Gasteiger partial charge in [0.25, 0.3) is 0 Å². The molecule has 7 heteroatoms. The first kappa shape index (κ1) is 18.4. The van der Waals surface area contributed by atoms with Gasteiger partial charge in [0, 0.05) is 12.4 Å². The molecule has 136 valence electrons. The predicted molar refractivity (Wildman–Crippen MR) is 105 cm³/mol. The van der Waals surface area contributed by atoms with Gasteiger partial charge in [-0.1, -0.05) is 23.7 Å². The number of ether oxygens (including phenoxy) is 2. The fourth-order valence-electron chi connectivity index (χ4n) is 2.22. The number of rotatable bonds is 6. The molecule has 0 unspecified atom stereocenters. The minimum absolute atomic E-state index is 0.315. The van der Waals surface area contributed by atoms with Crippen molar-refractivity contribution in [1.29, 1.82) is 0 Å². The number of aromatic nitrogens is 1. The van der Waals surface area contributed by atoms with E-state index in [-0.39, 0.29) is 0 Å². The van der Waals surface area contributed by atoms with Crippen LogP contribution in [-0.2, 0) is 0 Å². The highest BCUT2D eigenvalue weighted by Crippen LogP contribution is 2.28. The maximum absolute atomic E-state index is 12.2. The third-order valence-corrected chi connectivity index (χ3v) is 3.91. The van der Waals surface area contributed by atoms with Gasteiger partial charge in [-0.15, -0.1) is 0 Å². The number of hydrogen-bond acceptors (Lipinski definition) is 6. The lowest BCUT2D eigenvalue weighted by molar-refractivity contribution is 0.0729. The molecule has 0 fully saturated rings. The molecule has 0 aliphatic carbocycles. The van der Waals surface area contributed by atoms with Crippen LogP contribution < -0.4 is 14.9 Å². The van der Waals surface area contributed by atoms with Gasteiger partial charge < -0.3 is 9.47 Å². The summed E-state index contributed by atoms with van der Waals surface area (Å²) in [4.78, 5) is 16.0. The average molecular weight is 382 g/mol. The van der Waals surface area contributed by atoms with E-state index in [1.807, 2.05) is 18.2 Å². The van der Waals surface area contributed by atoms with Crippen LogP contribution in [0.5, 0.6) is 11.5 Å². The zero-order valence-corrected chi connectivity index (χ0v) is 15.2. The van der Waals surface area contributed by atoms with Gasteiger partial charge in [-0.2, -0.15) is 5.10 Å². The lowest BCUT2D eigenvalue weighted by atomic mass is 10.2. The van der Waals surface area contributed by atoms with Crippen molar-refractivity contribution in [2.75, 3.05) is 12.5 Å². The summed E-state index contributed by atoms with van der Waals surface area (Å²) in [6.45, 7) is 0. The lowest BCUT2D eigenvalue weighted by Gasteiger charge is -2.10. The Labute approximate surface area is 161 Å². The third kappa shape index (κ3) is 4.83. The number of carbonyl (C=O) groups excluding carboxylic acids is 1. The average Bonchev–Trinajstić information content (AvgIpc) is 2.71. The van der Waals surface area contributed by atoms with E-state index in [1.54, 1.807) is 42.6 Å². The van der Waals surface area contributed by atoms with E-state index in [2.05, 4.69) is 15.5 Å². The van der Waals surface area contributed by atoms with Crippen molar-refractivity contribution in [2.24, 2.45) is 5.10 Å². The molecule has 0 aliphatic rings. The second-order valence-corrected chi connectivity index (χ2v) is 5.79. The molecule has 27 heavy (non-hydrogen) atoms. The largest absolute Gasteiger partial charge is 0.493 e. The van der Waals surface area contributed by atoms with Crippen LogP contribution in [-0.4, -0.2) is 24.3 Å². The first-order valence-electron chi connectivity index (χ1n) is 8.01. The molecule has 3 rings (SSSR count). The van der Waals surface area contributed by atoms with Crippen LogP contribution >= 0.6 is 11.6 Å². The molecular formula is C20H16ClN3O3. The van der Waals surface area contributed by atoms with Gasteiger partial charge in [0.05, 0.1) is 29.6 Å². The number of halogens is 1. The molecule has 0 atom stereocenters. The molecule has 3 aromatic rings. The van der Waals surface area contributed by atoms with Crippen molar-refractivity contribution in [2.45, 2.75) is 0 Å². The van der Waals surface area contributed by atoms with Crippen molar-refractivity contribution >= 4 is 29.5 Å². The zero-order valence-electron chi connectivity index (χ0n) is 14.4. The second kappa shape index (κ2) is 8.82. The van der Waals surface area contributed by atoms with Crippen molar-refractivity contribution < 1.29 is 14.3 Å². The minimum atomic E-state index is -0.488. The first-order valence-corrected chi connectivity index (χ1v) is 8.39. The molecule has 0 amide bonds. The highest BCUT2D eigenvalue weighted by atomic mass is 35.5. The van der Waals surface area contributed by atoms with Crippen molar-refractivity contribution in [1.82, 2.24) is 4.98 Å². The standard InChI is InChI=1S/C20H16ClN3O3/c1-26-19-12-14(13-23-24-17-5-3-2-4-16(17)21)6-7-18(19)27-20(25)15-8-10-22-11-9-15/h2-13,24H,1H3/b23-13-. The summed E-state index contributed by atoms with van der Waals surface area (Å²) in [5.74, 6) is 0.243. The number of methoxy groups -OCH3 is 1. The topological polar surface area (TPSA) is 72.8 Å². The Bertz CT molecular complexity index is 962. The maximum Gasteiger partial charge on any atom is 0.343 e. The second-order valence-electron chi connectivity index (χ2n) is 5.39. The number of carbonyl (C=O) groups is 1. The number of nitrogens with one attached hydrogen (secondary N) is 1. The number of anilines is 1. The highest BCUT2D eigenvalue weighted by Gasteiger charge is 2.12. The lowest BCUT2D eigenvalue weighted by Crippen LogP contribution is -2.09. The van der Waals surface area contributed by atoms with E-state index in [0.717, 1.165) is 5.56 Å². The number of hydrazone groups is 1. The van der Waals surface area contributed by atoms with Gasteiger partial charge in [0.15, 0.2) is 11.5 Å². The Balaban J connectivity index is 1.71. The molecule has 1 N–H and O–H groups in total. The van der Waals surface area contributed by atoms with Gasteiger partial charge >= 0.3 is 5.97 Å². The third-order valence-electron chi connectivity index (χ3n) is 3.58. The number of esters is 1. The Morgan fingerprint density at radius 1 is 1.11 bits per heavy atom. The van der Waals surface area contributed by atoms with Crippen LogP contribution in [0, 0.1) is 0 Å².